The fourth-order valence-electron chi connectivity index (χ4n) is 2.02. The van der Waals surface area contributed by atoms with Crippen molar-refractivity contribution < 1.29 is 45.5 Å². The molecule has 0 rings (SSSR count). The summed E-state index contributed by atoms with van der Waals surface area (Å²) in [5, 5.41) is 12.0. The Morgan fingerprint density at radius 3 is 1.12 bits per heavy atom. The van der Waals surface area contributed by atoms with Crippen LogP contribution in [0.15, 0.2) is 0 Å². The summed E-state index contributed by atoms with van der Waals surface area (Å²) in [5.41, 5.74) is 2.37. The molecular formula is C19H44Cr2N2S2+2. The second kappa shape index (κ2) is 36.1. The Morgan fingerprint density at radius 2 is 0.840 bits per heavy atom. The van der Waals surface area contributed by atoms with Crippen molar-refractivity contribution in [2.24, 2.45) is 0 Å². The van der Waals surface area contributed by atoms with Crippen LogP contribution in [0, 0.1) is 0 Å². The summed E-state index contributed by atoms with van der Waals surface area (Å²) in [7, 11) is 0. The zero-order valence-electron chi connectivity index (χ0n) is 17.6. The second-order valence-corrected chi connectivity index (χ2v) is 7.04. The predicted octanol–water partition coefficient (Wildman–Crippen LogP) is 3.67. The molecule has 25 heavy (non-hydrogen) atoms. The van der Waals surface area contributed by atoms with Gasteiger partial charge < -0.3 is 0 Å². The van der Waals surface area contributed by atoms with Crippen LogP contribution >= 0.6 is 23.5 Å². The van der Waals surface area contributed by atoms with Crippen molar-refractivity contribution in [3.05, 3.63) is 0 Å². The van der Waals surface area contributed by atoms with Gasteiger partial charge in [-0.2, -0.15) is 23.5 Å². The molecule has 0 amide bonds. The fraction of sp³-hybridized carbons (Fsp3) is 0.895. The van der Waals surface area contributed by atoms with Gasteiger partial charge in [-0.3, -0.25) is 10.8 Å². The molecule has 2 nitrogen and oxygen atoms in total. The van der Waals surface area contributed by atoms with E-state index in [4.69, 9.17) is 10.8 Å². The summed E-state index contributed by atoms with van der Waals surface area (Å²) in [6, 6.07) is 0. The van der Waals surface area contributed by atoms with Crippen LogP contribution in [0.4, 0.5) is 0 Å². The molecule has 0 aliphatic carbocycles. The monoisotopic (exact) mass is 468 g/mol. The van der Waals surface area contributed by atoms with Gasteiger partial charge in [-0.25, -0.2) is 0 Å². The minimum atomic E-state index is 0. The molecule has 0 aromatic heterocycles. The molecule has 0 saturated carbocycles. The van der Waals surface area contributed by atoms with Gasteiger partial charge in [0.1, 0.15) is 11.4 Å². The van der Waals surface area contributed by atoms with Gasteiger partial charge in [-0.05, 0) is 49.7 Å². The normalized spacial score (nSPS) is 8.56. The molecule has 0 fully saturated rings. The van der Waals surface area contributed by atoms with E-state index >= 15 is 0 Å². The van der Waals surface area contributed by atoms with Crippen molar-refractivity contribution in [3.63, 3.8) is 0 Å². The summed E-state index contributed by atoms with van der Waals surface area (Å²) in [6.45, 7) is 8.00. The third-order valence-electron chi connectivity index (χ3n) is 3.19. The topological polar surface area (TPSA) is 51.2 Å². The van der Waals surface area contributed by atoms with E-state index in [1.54, 1.807) is 0 Å². The molecule has 0 spiro atoms. The Hall–Kier alpha value is 1.10. The van der Waals surface area contributed by atoms with Crippen LogP contribution in [0.25, 0.3) is 0 Å². The Kier molecular flexibility index (Phi) is 53.3. The minimum absolute atomic E-state index is 0. The molecule has 6 heteroatoms. The van der Waals surface area contributed by atoms with Crippen LogP contribution < -0.4 is 10.8 Å². The molecule has 0 aliphatic heterocycles. The van der Waals surface area contributed by atoms with E-state index < -0.39 is 0 Å². The zero-order valence-corrected chi connectivity index (χ0v) is 21.7. The van der Waals surface area contributed by atoms with Crippen LogP contribution in [0.3, 0.4) is 0 Å². The first-order chi connectivity index (χ1) is 11.2. The smallest absolute Gasteiger partial charge is 0.149 e. The molecule has 0 heterocycles. The maximum Gasteiger partial charge on any atom is 0.149 e. The first kappa shape index (κ1) is 36.9. The summed E-state index contributed by atoms with van der Waals surface area (Å²) < 4.78 is 0. The Balaban J connectivity index is -0.000000206. The van der Waals surface area contributed by atoms with Crippen molar-refractivity contribution in [2.75, 3.05) is 24.0 Å². The van der Waals surface area contributed by atoms with Crippen molar-refractivity contribution in [1.29, 1.82) is 0 Å². The average molecular weight is 469 g/mol. The Labute approximate surface area is 189 Å². The molecule has 0 radical (unpaired) electrons. The molecular weight excluding hydrogens is 424 g/mol. The summed E-state index contributed by atoms with van der Waals surface area (Å²) in [6.07, 6.45) is 14.9. The quantitative estimate of drug-likeness (QED) is 0.302. The van der Waals surface area contributed by atoms with E-state index in [1.807, 2.05) is 51.2 Å². The molecule has 0 bridgehead atoms. The number of rotatable bonds is 14. The number of hydrogen-bond acceptors (Lipinski definition) is 2. The van der Waals surface area contributed by atoms with E-state index in [1.165, 1.54) is 55.0 Å². The maximum absolute atomic E-state index is 6.01. The van der Waals surface area contributed by atoms with Crippen LogP contribution in [0.1, 0.15) is 85.5 Å². The van der Waals surface area contributed by atoms with Crippen LogP contribution in [-0.4, -0.2) is 35.4 Å². The maximum atomic E-state index is 6.01. The zero-order chi connectivity index (χ0) is 18.3. The SMILES string of the molecule is CC.CC.CSCCCC(=[NH2+])CCCCCC(=[NH2+])CCCSC.[Cr].[Cr]. The van der Waals surface area contributed by atoms with Crippen molar-refractivity contribution in [3.8, 4) is 0 Å². The molecule has 0 unspecified atom stereocenters. The summed E-state index contributed by atoms with van der Waals surface area (Å²) >= 11 is 3.80. The van der Waals surface area contributed by atoms with Gasteiger partial charge in [0.2, 0.25) is 0 Å². The molecule has 0 aliphatic rings. The predicted molar refractivity (Wildman–Crippen MR) is 115 cm³/mol. The molecule has 4 N–H and O–H groups in total. The Bertz CT molecular complexity index is 230. The first-order valence-electron chi connectivity index (χ1n) is 9.39. The van der Waals surface area contributed by atoms with Gasteiger partial charge in [0.05, 0.1) is 0 Å². The van der Waals surface area contributed by atoms with Crippen LogP contribution in [0.5, 0.6) is 0 Å². The molecule has 0 atom stereocenters. The van der Waals surface area contributed by atoms with Gasteiger partial charge in [-0.15, -0.1) is 0 Å². The fourth-order valence-corrected chi connectivity index (χ4v) is 2.88. The summed E-state index contributed by atoms with van der Waals surface area (Å²) in [4.78, 5) is 0. The van der Waals surface area contributed by atoms with Crippen LogP contribution in [-0.2, 0) is 34.7 Å². The first-order valence-corrected chi connectivity index (χ1v) is 12.2. The van der Waals surface area contributed by atoms with Gasteiger partial charge in [0.15, 0.2) is 0 Å². The van der Waals surface area contributed by atoms with E-state index in [0.29, 0.717) is 0 Å². The van der Waals surface area contributed by atoms with E-state index in [2.05, 4.69) is 12.5 Å². The largest absolute Gasteiger partial charge is 0.261 e. The molecule has 0 aromatic rings. The van der Waals surface area contributed by atoms with E-state index in [0.717, 1.165) is 25.7 Å². The molecule has 0 aromatic carbocycles. The van der Waals surface area contributed by atoms with Gasteiger partial charge in [-0.1, -0.05) is 34.1 Å². The van der Waals surface area contributed by atoms with Crippen molar-refractivity contribution >= 4 is 34.9 Å². The van der Waals surface area contributed by atoms with Crippen molar-refractivity contribution in [1.82, 2.24) is 0 Å². The molecule has 152 valence electrons. The average Bonchev–Trinajstić information content (AvgIpc) is 2.58. The standard InChI is InChI=1S/C15H30N2S2.2C2H6.2Cr/c1-18-12-6-10-14(16)8-4-3-5-9-15(17)11-7-13-19-2;2*1-2;;/h16-17H,3-13H2,1-2H3;2*1-2H3;;/p+2. The van der Waals surface area contributed by atoms with Gasteiger partial charge in [0.25, 0.3) is 0 Å². The third kappa shape index (κ3) is 36.7. The minimum Gasteiger partial charge on any atom is -0.261 e. The molecule has 0 saturated heterocycles. The van der Waals surface area contributed by atoms with Gasteiger partial charge >= 0.3 is 0 Å². The van der Waals surface area contributed by atoms with Gasteiger partial charge in [0, 0.05) is 60.4 Å². The van der Waals surface area contributed by atoms with Crippen LogP contribution in [0.2, 0.25) is 0 Å². The number of thioether (sulfide) groups is 2. The third-order valence-corrected chi connectivity index (χ3v) is 4.58. The van der Waals surface area contributed by atoms with Crippen molar-refractivity contribution in [2.45, 2.75) is 85.5 Å². The van der Waals surface area contributed by atoms with E-state index in [9.17, 15) is 0 Å². The van der Waals surface area contributed by atoms with E-state index in [-0.39, 0.29) is 34.7 Å². The Morgan fingerprint density at radius 1 is 0.560 bits per heavy atom. The number of hydrogen-bond donors (Lipinski definition) is 2. The second-order valence-electron chi connectivity index (χ2n) is 5.07. The number of nitrogens with two attached hydrogens (primary N) is 2. The number of unbranched alkanes of at least 4 members (excludes halogenated alkanes) is 2. The summed E-state index contributed by atoms with van der Waals surface area (Å²) in [5.74, 6) is 2.45.